The molecule has 2 rings (SSSR count). The van der Waals surface area contributed by atoms with Crippen molar-refractivity contribution in [1.82, 2.24) is 15.3 Å². The van der Waals surface area contributed by atoms with Gasteiger partial charge >= 0.3 is 0 Å². The number of benzene rings is 1. The Kier molecular flexibility index (Phi) is 3.83. The highest BCUT2D eigenvalue weighted by Crippen LogP contribution is 2.18. The number of fused-ring (bicyclic) bond motifs is 1. The molecule has 0 aliphatic heterocycles. The third kappa shape index (κ3) is 2.68. The lowest BCUT2D eigenvalue weighted by Crippen LogP contribution is -2.20. The van der Waals surface area contributed by atoms with Crippen molar-refractivity contribution in [1.29, 1.82) is 0 Å². The van der Waals surface area contributed by atoms with Crippen molar-refractivity contribution in [3.8, 4) is 0 Å². The second-order valence-electron chi connectivity index (χ2n) is 3.97. The van der Waals surface area contributed by atoms with Gasteiger partial charge in [0.1, 0.15) is 0 Å². The Morgan fingerprint density at radius 1 is 1.29 bits per heavy atom. The van der Waals surface area contributed by atoms with Crippen molar-refractivity contribution in [2.75, 3.05) is 6.54 Å². The van der Waals surface area contributed by atoms with Crippen LogP contribution in [0.25, 0.3) is 11.0 Å². The number of hydrogen-bond acceptors (Lipinski definition) is 3. The normalized spacial score (nSPS) is 12.5. The summed E-state index contributed by atoms with van der Waals surface area (Å²) >= 11 is 0. The number of hydrogen-bond donors (Lipinski definition) is 1. The lowest BCUT2D eigenvalue weighted by Gasteiger charge is -2.14. The van der Waals surface area contributed by atoms with Crippen LogP contribution in [0.3, 0.4) is 0 Å². The molecule has 0 saturated carbocycles. The van der Waals surface area contributed by atoms with Gasteiger partial charge in [-0.25, -0.2) is 0 Å². The molecule has 0 fully saturated rings. The van der Waals surface area contributed by atoms with E-state index in [0.29, 0.717) is 0 Å². The molecule has 1 unspecified atom stereocenters. The molecule has 3 nitrogen and oxygen atoms in total. The van der Waals surface area contributed by atoms with Crippen LogP contribution in [-0.4, -0.2) is 16.5 Å². The zero-order chi connectivity index (χ0) is 12.1. The van der Waals surface area contributed by atoms with Crippen LogP contribution < -0.4 is 5.32 Å². The first-order valence-corrected chi connectivity index (χ1v) is 5.91. The summed E-state index contributed by atoms with van der Waals surface area (Å²) < 4.78 is 0. The minimum Gasteiger partial charge on any atom is -0.307 e. The fraction of sp³-hybridized carbons (Fsp3) is 0.286. The molecule has 0 aliphatic rings. The highest BCUT2D eigenvalue weighted by Gasteiger charge is 2.07. The maximum absolute atomic E-state index is 4.31. The first kappa shape index (κ1) is 11.7. The van der Waals surface area contributed by atoms with Gasteiger partial charge < -0.3 is 5.32 Å². The number of aromatic nitrogens is 2. The average Bonchev–Trinajstić information content (AvgIpc) is 2.39. The summed E-state index contributed by atoms with van der Waals surface area (Å²) in [6.45, 7) is 7.00. The molecule has 88 valence electrons. The van der Waals surface area contributed by atoms with Crippen LogP contribution >= 0.6 is 0 Å². The molecule has 0 spiro atoms. The van der Waals surface area contributed by atoms with E-state index < -0.39 is 0 Å². The highest BCUT2D eigenvalue weighted by atomic mass is 14.9. The lowest BCUT2D eigenvalue weighted by molar-refractivity contribution is 0.614. The molecule has 0 radical (unpaired) electrons. The van der Waals surface area contributed by atoms with Crippen LogP contribution in [0, 0.1) is 0 Å². The molecule has 1 aromatic carbocycles. The Bertz CT molecular complexity index is 508. The van der Waals surface area contributed by atoms with Gasteiger partial charge in [0.15, 0.2) is 0 Å². The predicted molar refractivity (Wildman–Crippen MR) is 70.8 cm³/mol. The maximum Gasteiger partial charge on any atom is 0.0890 e. The van der Waals surface area contributed by atoms with E-state index in [-0.39, 0.29) is 6.04 Å². The van der Waals surface area contributed by atoms with Gasteiger partial charge in [-0.3, -0.25) is 9.97 Å². The Morgan fingerprint density at radius 3 is 2.76 bits per heavy atom. The molecule has 0 saturated heterocycles. The third-order valence-electron chi connectivity index (χ3n) is 2.70. The zero-order valence-corrected chi connectivity index (χ0v) is 10.1. The van der Waals surface area contributed by atoms with Crippen molar-refractivity contribution < 1.29 is 0 Å². The summed E-state index contributed by atoms with van der Waals surface area (Å²) in [4.78, 5) is 8.58. The van der Waals surface area contributed by atoms with Crippen LogP contribution in [0.2, 0.25) is 0 Å². The smallest absolute Gasteiger partial charge is 0.0890 e. The zero-order valence-electron chi connectivity index (χ0n) is 10.1. The first-order valence-electron chi connectivity index (χ1n) is 5.91. The second-order valence-corrected chi connectivity index (χ2v) is 3.97. The summed E-state index contributed by atoms with van der Waals surface area (Å²) in [6, 6.07) is 6.33. The fourth-order valence-electron chi connectivity index (χ4n) is 1.81. The molecule has 1 heterocycles. The van der Waals surface area contributed by atoms with Gasteiger partial charge in [-0.1, -0.05) is 19.1 Å². The van der Waals surface area contributed by atoms with Crippen LogP contribution in [-0.2, 0) is 0 Å². The van der Waals surface area contributed by atoms with Crippen LogP contribution in [0.4, 0.5) is 0 Å². The Balaban J connectivity index is 2.30. The van der Waals surface area contributed by atoms with E-state index in [9.17, 15) is 0 Å². The van der Waals surface area contributed by atoms with E-state index >= 15 is 0 Å². The van der Waals surface area contributed by atoms with E-state index in [1.54, 1.807) is 12.4 Å². The molecule has 2 aromatic rings. The highest BCUT2D eigenvalue weighted by molar-refractivity contribution is 5.74. The molecule has 0 bridgehead atoms. The van der Waals surface area contributed by atoms with Gasteiger partial charge in [0, 0.05) is 12.4 Å². The SMILES string of the molecule is C=CC(NCCC)c1ccc2nccnc2c1. The molecule has 3 heteroatoms. The maximum atomic E-state index is 4.31. The summed E-state index contributed by atoms with van der Waals surface area (Å²) in [5.74, 6) is 0. The van der Waals surface area contributed by atoms with Crippen molar-refractivity contribution in [2.45, 2.75) is 19.4 Å². The molecule has 1 atom stereocenters. The van der Waals surface area contributed by atoms with Gasteiger partial charge in [0.05, 0.1) is 17.1 Å². The molecule has 1 N–H and O–H groups in total. The van der Waals surface area contributed by atoms with Crippen molar-refractivity contribution in [3.05, 3.63) is 48.8 Å². The van der Waals surface area contributed by atoms with Gasteiger partial charge in [-0.2, -0.15) is 0 Å². The summed E-state index contributed by atoms with van der Waals surface area (Å²) in [5.41, 5.74) is 3.03. The average molecular weight is 227 g/mol. The number of nitrogens with zero attached hydrogens (tertiary/aromatic N) is 2. The summed E-state index contributed by atoms with van der Waals surface area (Å²) in [5, 5.41) is 3.43. The van der Waals surface area contributed by atoms with Gasteiger partial charge in [0.2, 0.25) is 0 Å². The molecule has 1 aromatic heterocycles. The van der Waals surface area contributed by atoms with Crippen LogP contribution in [0.1, 0.15) is 24.9 Å². The summed E-state index contributed by atoms with van der Waals surface area (Å²) in [6.07, 6.45) is 6.46. The predicted octanol–water partition coefficient (Wildman–Crippen LogP) is 2.86. The van der Waals surface area contributed by atoms with Crippen LogP contribution in [0.5, 0.6) is 0 Å². The van der Waals surface area contributed by atoms with Gasteiger partial charge in [-0.15, -0.1) is 6.58 Å². The molecule has 0 amide bonds. The van der Waals surface area contributed by atoms with E-state index in [1.165, 1.54) is 5.56 Å². The molecule has 17 heavy (non-hydrogen) atoms. The topological polar surface area (TPSA) is 37.8 Å². The quantitative estimate of drug-likeness (QED) is 0.798. The minimum absolute atomic E-state index is 0.182. The minimum atomic E-state index is 0.182. The standard InChI is InChI=1S/C14H17N3/c1-3-7-15-12(4-2)11-5-6-13-14(10-11)17-9-8-16-13/h4-6,8-10,12,15H,2-3,7H2,1H3. The van der Waals surface area contributed by atoms with Gasteiger partial charge in [0.25, 0.3) is 0 Å². The molecular formula is C14H17N3. The number of nitrogens with one attached hydrogen (secondary N) is 1. The van der Waals surface area contributed by atoms with E-state index in [1.807, 2.05) is 12.1 Å². The Labute approximate surface area is 102 Å². The Hall–Kier alpha value is -1.74. The van der Waals surface area contributed by atoms with Crippen molar-refractivity contribution in [2.24, 2.45) is 0 Å². The van der Waals surface area contributed by atoms with Crippen molar-refractivity contribution in [3.63, 3.8) is 0 Å². The largest absolute Gasteiger partial charge is 0.307 e. The monoisotopic (exact) mass is 227 g/mol. The van der Waals surface area contributed by atoms with Crippen LogP contribution in [0.15, 0.2) is 43.2 Å². The Morgan fingerprint density at radius 2 is 2.06 bits per heavy atom. The van der Waals surface area contributed by atoms with E-state index in [4.69, 9.17) is 0 Å². The number of rotatable bonds is 5. The lowest BCUT2D eigenvalue weighted by atomic mass is 10.1. The first-order chi connectivity index (χ1) is 8.35. The molecular weight excluding hydrogens is 210 g/mol. The molecule has 0 aliphatic carbocycles. The van der Waals surface area contributed by atoms with E-state index in [2.05, 4.69) is 40.9 Å². The second kappa shape index (κ2) is 5.55. The van der Waals surface area contributed by atoms with Crippen molar-refractivity contribution >= 4 is 11.0 Å². The fourth-order valence-corrected chi connectivity index (χ4v) is 1.81. The van der Waals surface area contributed by atoms with E-state index in [0.717, 1.165) is 24.0 Å². The third-order valence-corrected chi connectivity index (χ3v) is 2.70. The van der Waals surface area contributed by atoms with Gasteiger partial charge in [-0.05, 0) is 30.7 Å². The summed E-state index contributed by atoms with van der Waals surface area (Å²) in [7, 11) is 0.